The van der Waals surface area contributed by atoms with Crippen molar-refractivity contribution in [1.29, 1.82) is 0 Å². The Bertz CT molecular complexity index is 1040. The number of pyridine rings is 1. The second-order valence-corrected chi connectivity index (χ2v) is 11.3. The van der Waals surface area contributed by atoms with Crippen LogP contribution < -0.4 is 9.47 Å². The van der Waals surface area contributed by atoms with Crippen LogP contribution in [0.1, 0.15) is 103 Å². The first-order valence-electron chi connectivity index (χ1n) is 14.0. The smallest absolute Gasteiger partial charge is 0.311 e. The third-order valence-electron chi connectivity index (χ3n) is 8.11. The van der Waals surface area contributed by atoms with Gasteiger partial charge in [-0.25, -0.2) is 0 Å². The van der Waals surface area contributed by atoms with Crippen molar-refractivity contribution >= 4 is 5.97 Å². The number of esters is 1. The van der Waals surface area contributed by atoms with Crippen molar-refractivity contribution in [3.8, 4) is 22.6 Å². The van der Waals surface area contributed by atoms with E-state index < -0.39 is 5.60 Å². The highest BCUT2D eigenvalue weighted by atomic mass is 16.5. The molecule has 3 heterocycles. The summed E-state index contributed by atoms with van der Waals surface area (Å²) in [7, 11) is 0. The van der Waals surface area contributed by atoms with Gasteiger partial charge in [-0.15, -0.1) is 0 Å². The molecule has 1 aromatic heterocycles. The summed E-state index contributed by atoms with van der Waals surface area (Å²) in [6, 6.07) is 6.25. The van der Waals surface area contributed by atoms with E-state index in [2.05, 4.69) is 56.6 Å². The van der Waals surface area contributed by atoms with Crippen LogP contribution in [0.3, 0.4) is 0 Å². The number of nitrogens with zero attached hydrogens (tertiary/aromatic N) is 2. The lowest BCUT2D eigenvalue weighted by Crippen LogP contribution is -2.30. The first-order valence-corrected chi connectivity index (χ1v) is 14.0. The summed E-state index contributed by atoms with van der Waals surface area (Å²) in [5.74, 6) is 2.08. The van der Waals surface area contributed by atoms with Crippen molar-refractivity contribution in [3.63, 3.8) is 0 Å². The molecule has 5 heteroatoms. The molecule has 1 fully saturated rings. The number of benzene rings is 1. The van der Waals surface area contributed by atoms with Crippen LogP contribution in [0, 0.1) is 5.92 Å². The van der Waals surface area contributed by atoms with E-state index in [0.717, 1.165) is 48.5 Å². The molecule has 0 spiro atoms. The van der Waals surface area contributed by atoms with Crippen LogP contribution in [-0.2, 0) is 10.4 Å². The van der Waals surface area contributed by atoms with Crippen LogP contribution in [0.25, 0.3) is 11.1 Å². The highest BCUT2D eigenvalue weighted by Crippen LogP contribution is 2.50. The molecule has 2 aliphatic rings. The molecule has 0 amide bonds. The van der Waals surface area contributed by atoms with Gasteiger partial charge in [0.15, 0.2) is 0 Å². The van der Waals surface area contributed by atoms with Gasteiger partial charge in [-0.3, -0.25) is 9.78 Å². The molecule has 2 unspecified atom stereocenters. The number of unbranched alkanes of at least 4 members (excludes halogenated alkanes) is 2. The molecule has 1 saturated heterocycles. The van der Waals surface area contributed by atoms with E-state index in [9.17, 15) is 4.79 Å². The predicted octanol–water partition coefficient (Wildman–Crippen LogP) is 7.48. The number of carbonyl (C=O) groups excluding carboxylic acids is 1. The highest BCUT2D eigenvalue weighted by molar-refractivity contribution is 5.85. The number of aromatic nitrogens is 1. The van der Waals surface area contributed by atoms with Gasteiger partial charge in [-0.2, -0.15) is 0 Å². The molecule has 0 radical (unpaired) electrons. The van der Waals surface area contributed by atoms with E-state index in [-0.39, 0.29) is 5.97 Å². The lowest BCUT2D eigenvalue weighted by molar-refractivity contribution is -0.134. The molecule has 196 valence electrons. The van der Waals surface area contributed by atoms with Gasteiger partial charge in [0.2, 0.25) is 0 Å². The van der Waals surface area contributed by atoms with Crippen LogP contribution in [0.15, 0.2) is 30.6 Å². The Morgan fingerprint density at radius 2 is 1.94 bits per heavy atom. The van der Waals surface area contributed by atoms with Gasteiger partial charge in [0.1, 0.15) is 17.1 Å². The van der Waals surface area contributed by atoms with Crippen molar-refractivity contribution in [2.24, 2.45) is 5.92 Å². The fourth-order valence-electron chi connectivity index (χ4n) is 5.67. The summed E-state index contributed by atoms with van der Waals surface area (Å²) >= 11 is 0. The van der Waals surface area contributed by atoms with Crippen molar-refractivity contribution in [2.75, 3.05) is 19.6 Å². The molecule has 0 bridgehead atoms. The summed E-state index contributed by atoms with van der Waals surface area (Å²) in [5, 5.41) is 0. The van der Waals surface area contributed by atoms with Crippen LogP contribution in [-0.4, -0.2) is 35.5 Å². The molecule has 2 atom stereocenters. The topological polar surface area (TPSA) is 51.7 Å². The third kappa shape index (κ3) is 6.11. The molecule has 36 heavy (non-hydrogen) atoms. The zero-order valence-corrected chi connectivity index (χ0v) is 22.9. The number of hydrogen-bond acceptors (Lipinski definition) is 5. The average molecular weight is 493 g/mol. The predicted molar refractivity (Wildman–Crippen MR) is 146 cm³/mol. The van der Waals surface area contributed by atoms with Gasteiger partial charge in [0.05, 0.1) is 5.56 Å². The van der Waals surface area contributed by atoms with E-state index in [0.29, 0.717) is 24.0 Å². The lowest BCUT2D eigenvalue weighted by Gasteiger charge is -2.36. The highest BCUT2D eigenvalue weighted by Gasteiger charge is 2.35. The summed E-state index contributed by atoms with van der Waals surface area (Å²) < 4.78 is 12.7. The van der Waals surface area contributed by atoms with Crippen molar-refractivity contribution in [2.45, 2.75) is 97.5 Å². The summed E-state index contributed by atoms with van der Waals surface area (Å²) in [4.78, 5) is 19.8. The van der Waals surface area contributed by atoms with E-state index in [1.54, 1.807) is 6.20 Å². The van der Waals surface area contributed by atoms with Crippen LogP contribution in [0.4, 0.5) is 0 Å². The Balaban J connectivity index is 1.62. The number of fused-ring (bicyclic) bond motifs is 3. The molecule has 4 rings (SSSR count). The fraction of sp³-hybridized carbons (Fsp3) is 0.613. The SMILES string of the molecule is CCCCCC(C)C(C)c1cc(OC(=O)CCCN2CCCC2)c2c(c1)OC(C)(C)c1ccncc1-2. The molecular formula is C31H44N2O3. The molecule has 2 aliphatic heterocycles. The van der Waals surface area contributed by atoms with Gasteiger partial charge in [-0.05, 0) is 88.3 Å². The number of hydrogen-bond donors (Lipinski definition) is 0. The minimum Gasteiger partial charge on any atom is -0.482 e. The molecule has 5 nitrogen and oxygen atoms in total. The normalized spacial score (nSPS) is 18.1. The van der Waals surface area contributed by atoms with Crippen molar-refractivity contribution in [3.05, 3.63) is 41.7 Å². The standard InChI is InChI=1S/C31H44N2O3/c1-6-7-8-12-22(2)23(3)24-19-27(35-29(34)13-11-18-33-16-9-10-17-33)30-25-21-32-15-14-26(25)31(4,5)36-28(30)20-24/h14-15,19-23H,6-13,16-18H2,1-5H3. The van der Waals surface area contributed by atoms with Crippen molar-refractivity contribution < 1.29 is 14.3 Å². The van der Waals surface area contributed by atoms with Crippen molar-refractivity contribution in [1.82, 2.24) is 9.88 Å². The Hall–Kier alpha value is -2.40. The zero-order chi connectivity index (χ0) is 25.7. The second kappa shape index (κ2) is 11.8. The van der Waals surface area contributed by atoms with Crippen LogP contribution in [0.5, 0.6) is 11.5 Å². The third-order valence-corrected chi connectivity index (χ3v) is 8.11. The van der Waals surface area contributed by atoms with E-state index in [4.69, 9.17) is 9.47 Å². The van der Waals surface area contributed by atoms with Crippen LogP contribution >= 0.6 is 0 Å². The first-order chi connectivity index (χ1) is 17.3. The zero-order valence-electron chi connectivity index (χ0n) is 22.9. The monoisotopic (exact) mass is 492 g/mol. The number of ether oxygens (including phenoxy) is 2. The lowest BCUT2D eigenvalue weighted by atomic mass is 9.82. The van der Waals surface area contributed by atoms with Gasteiger partial charge in [0.25, 0.3) is 0 Å². The number of carbonyl (C=O) groups is 1. The average Bonchev–Trinajstić information content (AvgIpc) is 3.36. The summed E-state index contributed by atoms with van der Waals surface area (Å²) in [6.45, 7) is 14.3. The first kappa shape index (κ1) is 26.7. The maximum Gasteiger partial charge on any atom is 0.311 e. The molecule has 1 aromatic carbocycles. The molecule has 0 aliphatic carbocycles. The minimum absolute atomic E-state index is 0.174. The fourth-order valence-corrected chi connectivity index (χ4v) is 5.67. The Morgan fingerprint density at radius 3 is 2.69 bits per heavy atom. The summed E-state index contributed by atoms with van der Waals surface area (Å²) in [5.41, 5.74) is 3.57. The van der Waals surface area contributed by atoms with Gasteiger partial charge < -0.3 is 14.4 Å². The Kier molecular flexibility index (Phi) is 8.71. The molecule has 2 aromatic rings. The Morgan fingerprint density at radius 1 is 1.17 bits per heavy atom. The van der Waals surface area contributed by atoms with Crippen LogP contribution in [0.2, 0.25) is 0 Å². The Labute approximate surface area is 217 Å². The largest absolute Gasteiger partial charge is 0.482 e. The maximum atomic E-state index is 13.0. The van der Waals surface area contributed by atoms with Gasteiger partial charge >= 0.3 is 5.97 Å². The molecule has 0 N–H and O–H groups in total. The number of likely N-dealkylation sites (tertiary alicyclic amines) is 1. The van der Waals surface area contributed by atoms with Gasteiger partial charge in [-0.1, -0.05) is 46.5 Å². The number of rotatable bonds is 11. The quantitative estimate of drug-likeness (QED) is 0.185. The second-order valence-electron chi connectivity index (χ2n) is 11.3. The van der Waals surface area contributed by atoms with Gasteiger partial charge in [0, 0.05) is 29.9 Å². The summed E-state index contributed by atoms with van der Waals surface area (Å²) in [6.07, 6.45) is 12.4. The molecular weight excluding hydrogens is 448 g/mol. The minimum atomic E-state index is -0.489. The van der Waals surface area contributed by atoms with E-state index in [1.165, 1.54) is 44.1 Å². The molecule has 0 saturated carbocycles. The van der Waals surface area contributed by atoms with E-state index >= 15 is 0 Å². The maximum absolute atomic E-state index is 13.0. The van der Waals surface area contributed by atoms with E-state index in [1.807, 2.05) is 12.3 Å².